The van der Waals surface area contributed by atoms with E-state index in [1.54, 1.807) is 12.4 Å². The molecular formula is C25H24FN3O2S. The molecule has 0 spiro atoms. The van der Waals surface area contributed by atoms with Crippen LogP contribution in [0.25, 0.3) is 10.1 Å². The molecule has 0 saturated carbocycles. The molecule has 2 aromatic carbocycles. The van der Waals surface area contributed by atoms with Gasteiger partial charge >= 0.3 is 5.97 Å². The summed E-state index contributed by atoms with van der Waals surface area (Å²) in [5.41, 5.74) is 3.81. The molecule has 1 atom stereocenters. The van der Waals surface area contributed by atoms with Gasteiger partial charge in [0.2, 0.25) is 0 Å². The summed E-state index contributed by atoms with van der Waals surface area (Å²) in [5.74, 6) is -0.0150. The fraction of sp³-hybridized carbons (Fsp3) is 0.240. The number of thiophene rings is 1. The van der Waals surface area contributed by atoms with Gasteiger partial charge in [0.1, 0.15) is 18.0 Å². The van der Waals surface area contributed by atoms with Gasteiger partial charge in [-0.25, -0.2) is 14.4 Å². The van der Waals surface area contributed by atoms with Gasteiger partial charge < -0.3 is 10.4 Å². The highest BCUT2D eigenvalue weighted by atomic mass is 32.1. The third-order valence-electron chi connectivity index (χ3n) is 5.43. The number of rotatable bonds is 9. The maximum atomic E-state index is 14.2. The molecule has 1 unspecified atom stereocenters. The van der Waals surface area contributed by atoms with E-state index in [1.165, 1.54) is 11.3 Å². The zero-order valence-corrected chi connectivity index (χ0v) is 18.5. The number of carboxylic acids is 1. The lowest BCUT2D eigenvalue weighted by Gasteiger charge is -2.13. The van der Waals surface area contributed by atoms with Gasteiger partial charge in [0.05, 0.1) is 11.1 Å². The molecule has 164 valence electrons. The Labute approximate surface area is 190 Å². The number of carbonyl (C=O) groups is 1. The highest BCUT2D eigenvalue weighted by Crippen LogP contribution is 2.26. The standard InChI is InChI=1S/C25H24FN3O2S/c1-16(19-4-2-17(3-5-19)13-24(30)31)10-21-14-23(29-15-28-21)27-8-6-18-11-20-7-9-32-25(20)22(26)12-18/h2-5,7,9,11-12,14-16H,6,8,10,13H2,1H3,(H,30,31)(H,27,28,29). The fourth-order valence-electron chi connectivity index (χ4n) is 3.75. The van der Waals surface area contributed by atoms with Gasteiger partial charge in [-0.15, -0.1) is 11.3 Å². The second-order valence-electron chi connectivity index (χ2n) is 7.91. The normalized spacial score (nSPS) is 12.1. The van der Waals surface area contributed by atoms with Crippen molar-refractivity contribution in [2.75, 3.05) is 11.9 Å². The second kappa shape index (κ2) is 9.87. The van der Waals surface area contributed by atoms with Crippen LogP contribution >= 0.6 is 11.3 Å². The molecule has 2 aromatic heterocycles. The number of halogens is 1. The summed E-state index contributed by atoms with van der Waals surface area (Å²) >= 11 is 1.42. The van der Waals surface area contributed by atoms with E-state index >= 15 is 0 Å². The molecule has 0 fully saturated rings. The topological polar surface area (TPSA) is 75.1 Å². The zero-order valence-electron chi connectivity index (χ0n) is 17.7. The minimum Gasteiger partial charge on any atom is -0.481 e. The van der Waals surface area contributed by atoms with Gasteiger partial charge in [0.15, 0.2) is 0 Å². The smallest absolute Gasteiger partial charge is 0.307 e. The molecule has 0 aliphatic heterocycles. The molecule has 2 heterocycles. The summed E-state index contributed by atoms with van der Waals surface area (Å²) in [6.45, 7) is 2.77. The Kier molecular flexibility index (Phi) is 6.75. The van der Waals surface area contributed by atoms with Crippen molar-refractivity contribution in [1.82, 2.24) is 9.97 Å². The second-order valence-corrected chi connectivity index (χ2v) is 8.82. The summed E-state index contributed by atoms with van der Waals surface area (Å²) in [5, 5.41) is 15.1. The average molecular weight is 450 g/mol. The van der Waals surface area contributed by atoms with Crippen LogP contribution in [0.2, 0.25) is 0 Å². The van der Waals surface area contributed by atoms with Crippen LogP contribution in [0.1, 0.15) is 35.2 Å². The van der Waals surface area contributed by atoms with E-state index in [0.29, 0.717) is 17.7 Å². The van der Waals surface area contributed by atoms with Crippen LogP contribution in [0.4, 0.5) is 10.2 Å². The van der Waals surface area contributed by atoms with Gasteiger partial charge in [-0.05, 0) is 58.3 Å². The Morgan fingerprint density at radius 3 is 2.72 bits per heavy atom. The molecule has 0 bridgehead atoms. The van der Waals surface area contributed by atoms with Gasteiger partial charge in [-0.1, -0.05) is 37.3 Å². The number of anilines is 1. The molecule has 32 heavy (non-hydrogen) atoms. The molecule has 2 N–H and O–H groups in total. The van der Waals surface area contributed by atoms with Crippen LogP contribution in [0, 0.1) is 5.82 Å². The number of hydrogen-bond donors (Lipinski definition) is 2. The van der Waals surface area contributed by atoms with Gasteiger partial charge in [0, 0.05) is 18.3 Å². The lowest BCUT2D eigenvalue weighted by Crippen LogP contribution is -2.08. The van der Waals surface area contributed by atoms with Gasteiger partial charge in [0.25, 0.3) is 0 Å². The summed E-state index contributed by atoms with van der Waals surface area (Å²) in [7, 11) is 0. The van der Waals surface area contributed by atoms with Crippen LogP contribution in [-0.2, 0) is 24.1 Å². The predicted molar refractivity (Wildman–Crippen MR) is 126 cm³/mol. The van der Waals surface area contributed by atoms with Crippen LogP contribution < -0.4 is 5.32 Å². The summed E-state index contributed by atoms with van der Waals surface area (Å²) in [4.78, 5) is 19.5. The number of fused-ring (bicyclic) bond motifs is 1. The number of carboxylic acid groups (broad SMARTS) is 1. The molecule has 5 nitrogen and oxygen atoms in total. The maximum absolute atomic E-state index is 14.2. The van der Waals surface area contributed by atoms with Crippen LogP contribution in [-0.4, -0.2) is 27.6 Å². The van der Waals surface area contributed by atoms with Crippen molar-refractivity contribution in [2.24, 2.45) is 0 Å². The zero-order chi connectivity index (χ0) is 22.5. The third-order valence-corrected chi connectivity index (χ3v) is 6.37. The first-order valence-electron chi connectivity index (χ1n) is 10.5. The quantitative estimate of drug-likeness (QED) is 0.355. The van der Waals surface area contributed by atoms with Crippen LogP contribution in [0.15, 0.2) is 60.2 Å². The van der Waals surface area contributed by atoms with E-state index in [9.17, 15) is 9.18 Å². The number of nitrogens with one attached hydrogen (secondary N) is 1. The highest BCUT2D eigenvalue weighted by molar-refractivity contribution is 7.17. The Morgan fingerprint density at radius 1 is 1.12 bits per heavy atom. The number of aromatic nitrogens is 2. The number of benzene rings is 2. The molecule has 4 rings (SSSR count). The largest absolute Gasteiger partial charge is 0.481 e. The van der Waals surface area contributed by atoms with Crippen molar-refractivity contribution in [2.45, 2.75) is 32.1 Å². The minimum absolute atomic E-state index is 0.0311. The van der Waals surface area contributed by atoms with Crippen LogP contribution in [0.3, 0.4) is 0 Å². The Hall–Kier alpha value is -3.32. The fourth-order valence-corrected chi connectivity index (χ4v) is 4.54. The molecule has 0 aliphatic rings. The highest BCUT2D eigenvalue weighted by Gasteiger charge is 2.10. The molecule has 0 saturated heterocycles. The van der Waals surface area contributed by atoms with Crippen molar-refractivity contribution in [3.8, 4) is 0 Å². The Bertz CT molecular complexity index is 1220. The van der Waals surface area contributed by atoms with Gasteiger partial charge in [-0.2, -0.15) is 0 Å². The molecule has 0 aliphatic carbocycles. The molecule has 0 amide bonds. The number of aliphatic carboxylic acids is 1. The first-order chi connectivity index (χ1) is 15.5. The molecule has 4 aromatic rings. The summed E-state index contributed by atoms with van der Waals surface area (Å²) in [6.07, 6.45) is 3.03. The van der Waals surface area contributed by atoms with Crippen molar-refractivity contribution < 1.29 is 14.3 Å². The maximum Gasteiger partial charge on any atom is 0.307 e. The van der Waals surface area contributed by atoms with Crippen molar-refractivity contribution in [3.05, 3.63) is 88.4 Å². The van der Waals surface area contributed by atoms with Crippen molar-refractivity contribution in [3.63, 3.8) is 0 Å². The van der Waals surface area contributed by atoms with Crippen molar-refractivity contribution >= 4 is 33.2 Å². The first-order valence-corrected chi connectivity index (χ1v) is 11.4. The summed E-state index contributed by atoms with van der Waals surface area (Å²) in [6, 6.07) is 15.2. The van der Waals surface area contributed by atoms with Crippen LogP contribution in [0.5, 0.6) is 0 Å². The van der Waals surface area contributed by atoms with Gasteiger partial charge in [-0.3, -0.25) is 4.79 Å². The number of nitrogens with zero attached hydrogens (tertiary/aromatic N) is 2. The average Bonchev–Trinajstić information content (AvgIpc) is 3.23. The lowest BCUT2D eigenvalue weighted by atomic mass is 9.95. The van der Waals surface area contributed by atoms with E-state index in [-0.39, 0.29) is 18.2 Å². The molecule has 0 radical (unpaired) electrons. The van der Waals surface area contributed by atoms with Crippen molar-refractivity contribution in [1.29, 1.82) is 0 Å². The lowest BCUT2D eigenvalue weighted by molar-refractivity contribution is -0.136. The monoisotopic (exact) mass is 449 g/mol. The molecular weight excluding hydrogens is 425 g/mol. The van der Waals surface area contributed by atoms with E-state index in [4.69, 9.17) is 5.11 Å². The molecule has 7 heteroatoms. The third kappa shape index (κ3) is 5.48. The first kappa shape index (κ1) is 21.9. The van der Waals surface area contributed by atoms with E-state index in [1.807, 2.05) is 47.8 Å². The SMILES string of the molecule is CC(Cc1cc(NCCc2cc(F)c3sccc3c2)ncn1)c1ccc(CC(=O)O)cc1. The Balaban J connectivity index is 1.34. The Morgan fingerprint density at radius 2 is 1.94 bits per heavy atom. The van der Waals surface area contributed by atoms with E-state index in [2.05, 4.69) is 22.2 Å². The van der Waals surface area contributed by atoms with E-state index < -0.39 is 5.97 Å². The number of hydrogen-bond acceptors (Lipinski definition) is 5. The van der Waals surface area contributed by atoms with E-state index in [0.717, 1.165) is 40.0 Å². The minimum atomic E-state index is -0.830. The summed E-state index contributed by atoms with van der Waals surface area (Å²) < 4.78 is 14.9. The predicted octanol–water partition coefficient (Wildman–Crippen LogP) is 5.46.